The zero-order valence-electron chi connectivity index (χ0n) is 25.7. The number of amides is 3. The van der Waals surface area contributed by atoms with Crippen LogP contribution >= 0.6 is 0 Å². The van der Waals surface area contributed by atoms with Gasteiger partial charge in [0.05, 0.1) is 31.6 Å². The Morgan fingerprint density at radius 1 is 0.915 bits per heavy atom. The minimum absolute atomic E-state index is 0.0865. The number of ketones is 1. The first-order valence-corrected chi connectivity index (χ1v) is 15.2. The standard InChI is InChI=1S/C36H33FN4O6/c1-46-29-16-8-25(9-17-29)33(35(44)38-27-12-14-28(15-13-27)39-18-20-47-21-19-39)41(22-24-6-10-26(37)11-7-24)32(42)23-40-31-5-3-2-4-30(31)34(43)36(40)45/h2-17,33H,18-23H2,1H3,(H,38,44). The summed E-state index contributed by atoms with van der Waals surface area (Å²) >= 11 is 0. The van der Waals surface area contributed by atoms with E-state index in [1.54, 1.807) is 54.6 Å². The van der Waals surface area contributed by atoms with Crippen LogP contribution in [0, 0.1) is 5.82 Å². The molecule has 47 heavy (non-hydrogen) atoms. The van der Waals surface area contributed by atoms with Gasteiger partial charge in [-0.3, -0.25) is 24.1 Å². The fraction of sp³-hybridized carbons (Fsp3) is 0.222. The average molecular weight is 637 g/mol. The van der Waals surface area contributed by atoms with Crippen LogP contribution in [0.25, 0.3) is 0 Å². The van der Waals surface area contributed by atoms with E-state index < -0.39 is 41.9 Å². The molecule has 2 heterocycles. The SMILES string of the molecule is COc1ccc(C(C(=O)Nc2ccc(N3CCOCC3)cc2)N(Cc2ccc(F)cc2)C(=O)CN2C(=O)C(=O)c3ccccc32)cc1. The number of fused-ring (bicyclic) bond motifs is 1. The van der Waals surface area contributed by atoms with Crippen LogP contribution in [-0.4, -0.2) is 68.4 Å². The Labute approximate surface area is 271 Å². The van der Waals surface area contributed by atoms with Gasteiger partial charge in [0.25, 0.3) is 17.6 Å². The molecule has 4 aromatic carbocycles. The van der Waals surface area contributed by atoms with E-state index in [-0.39, 0.29) is 12.1 Å². The zero-order chi connectivity index (χ0) is 32.9. The summed E-state index contributed by atoms with van der Waals surface area (Å²) in [6, 6.07) is 25.1. The van der Waals surface area contributed by atoms with Crippen LogP contribution in [0.1, 0.15) is 27.5 Å². The highest BCUT2D eigenvalue weighted by Crippen LogP contribution is 2.31. The maximum absolute atomic E-state index is 14.3. The molecular formula is C36H33FN4O6. The lowest BCUT2D eigenvalue weighted by Gasteiger charge is -2.33. The monoisotopic (exact) mass is 636 g/mol. The first-order valence-electron chi connectivity index (χ1n) is 15.2. The number of methoxy groups -OCH3 is 1. The van der Waals surface area contributed by atoms with Crippen LogP contribution in [0.5, 0.6) is 5.75 Å². The van der Waals surface area contributed by atoms with Crippen molar-refractivity contribution in [2.45, 2.75) is 12.6 Å². The molecule has 0 radical (unpaired) electrons. The second-order valence-electron chi connectivity index (χ2n) is 11.2. The molecule has 1 N–H and O–H groups in total. The molecule has 1 unspecified atom stereocenters. The minimum atomic E-state index is -1.18. The quantitative estimate of drug-likeness (QED) is 0.254. The number of carbonyl (C=O) groups is 4. The number of hydrogen-bond acceptors (Lipinski definition) is 7. The Morgan fingerprint density at radius 2 is 1.60 bits per heavy atom. The number of halogens is 1. The number of carbonyl (C=O) groups excluding carboxylic acids is 4. The molecule has 2 aliphatic heterocycles. The number of hydrogen-bond donors (Lipinski definition) is 1. The number of Topliss-reactive ketones (excluding diaryl/α,β-unsaturated/α-hetero) is 1. The predicted octanol–water partition coefficient (Wildman–Crippen LogP) is 4.61. The fourth-order valence-electron chi connectivity index (χ4n) is 5.79. The summed E-state index contributed by atoms with van der Waals surface area (Å²) in [6.45, 7) is 2.24. The Hall–Kier alpha value is -5.55. The highest BCUT2D eigenvalue weighted by Gasteiger charge is 2.39. The number of anilines is 3. The summed E-state index contributed by atoms with van der Waals surface area (Å²) < 4.78 is 24.6. The van der Waals surface area contributed by atoms with Crippen LogP contribution < -0.4 is 19.9 Å². The number of rotatable bonds is 10. The van der Waals surface area contributed by atoms with E-state index in [4.69, 9.17) is 9.47 Å². The number of nitrogens with zero attached hydrogens (tertiary/aromatic N) is 3. The van der Waals surface area contributed by atoms with Gasteiger partial charge < -0.3 is 24.6 Å². The topological polar surface area (TPSA) is 108 Å². The Morgan fingerprint density at radius 3 is 2.28 bits per heavy atom. The smallest absolute Gasteiger partial charge is 0.299 e. The zero-order valence-corrected chi connectivity index (χ0v) is 25.7. The lowest BCUT2D eigenvalue weighted by Crippen LogP contribution is -2.46. The Balaban J connectivity index is 1.34. The van der Waals surface area contributed by atoms with Crippen LogP contribution in [0.4, 0.5) is 21.5 Å². The molecule has 1 fully saturated rings. The molecule has 11 heteroatoms. The minimum Gasteiger partial charge on any atom is -0.497 e. The van der Waals surface area contributed by atoms with Gasteiger partial charge in [0.15, 0.2) is 0 Å². The molecule has 0 saturated carbocycles. The molecule has 3 amide bonds. The van der Waals surface area contributed by atoms with Crippen LogP contribution in [0.2, 0.25) is 0 Å². The normalized spacial score (nSPS) is 14.9. The van der Waals surface area contributed by atoms with Crippen molar-refractivity contribution in [2.24, 2.45) is 0 Å². The molecule has 240 valence electrons. The van der Waals surface area contributed by atoms with Gasteiger partial charge in [0.1, 0.15) is 24.2 Å². The molecule has 4 aromatic rings. The van der Waals surface area contributed by atoms with E-state index in [1.165, 1.54) is 42.3 Å². The van der Waals surface area contributed by atoms with Gasteiger partial charge in [-0.25, -0.2) is 4.39 Å². The van der Waals surface area contributed by atoms with E-state index in [1.807, 2.05) is 12.1 Å². The van der Waals surface area contributed by atoms with Gasteiger partial charge in [-0.1, -0.05) is 36.4 Å². The molecular weight excluding hydrogens is 603 g/mol. The van der Waals surface area contributed by atoms with Crippen molar-refractivity contribution in [1.29, 1.82) is 0 Å². The summed E-state index contributed by atoms with van der Waals surface area (Å²) in [7, 11) is 1.52. The van der Waals surface area contributed by atoms with E-state index in [0.29, 0.717) is 41.5 Å². The second kappa shape index (κ2) is 13.8. The maximum atomic E-state index is 14.3. The molecule has 6 rings (SSSR count). The molecule has 10 nitrogen and oxygen atoms in total. The molecule has 1 saturated heterocycles. The van der Waals surface area contributed by atoms with Gasteiger partial charge >= 0.3 is 0 Å². The van der Waals surface area contributed by atoms with Crippen molar-refractivity contribution in [3.8, 4) is 5.75 Å². The van der Waals surface area contributed by atoms with Crippen molar-refractivity contribution in [2.75, 3.05) is 55.1 Å². The number of ether oxygens (including phenoxy) is 2. The van der Waals surface area contributed by atoms with Crippen molar-refractivity contribution in [3.05, 3.63) is 120 Å². The highest BCUT2D eigenvalue weighted by molar-refractivity contribution is 6.52. The summed E-state index contributed by atoms with van der Waals surface area (Å²) in [5.41, 5.74) is 3.09. The van der Waals surface area contributed by atoms with Gasteiger partial charge in [0.2, 0.25) is 5.91 Å². The van der Waals surface area contributed by atoms with Gasteiger partial charge in [0, 0.05) is 31.0 Å². The van der Waals surface area contributed by atoms with Gasteiger partial charge in [-0.15, -0.1) is 0 Å². The van der Waals surface area contributed by atoms with E-state index in [0.717, 1.165) is 23.7 Å². The highest BCUT2D eigenvalue weighted by atomic mass is 19.1. The van der Waals surface area contributed by atoms with Crippen molar-refractivity contribution in [3.63, 3.8) is 0 Å². The van der Waals surface area contributed by atoms with Crippen LogP contribution in [0.3, 0.4) is 0 Å². The van der Waals surface area contributed by atoms with Gasteiger partial charge in [-0.2, -0.15) is 0 Å². The second-order valence-corrected chi connectivity index (χ2v) is 11.2. The molecule has 1 atom stereocenters. The Kier molecular flexibility index (Phi) is 9.25. The van der Waals surface area contributed by atoms with E-state index in [2.05, 4.69) is 10.2 Å². The molecule has 0 spiro atoms. The first kappa shape index (κ1) is 31.4. The average Bonchev–Trinajstić information content (AvgIpc) is 3.34. The molecule has 0 aromatic heterocycles. The van der Waals surface area contributed by atoms with E-state index >= 15 is 0 Å². The predicted molar refractivity (Wildman–Crippen MR) is 174 cm³/mol. The summed E-state index contributed by atoms with van der Waals surface area (Å²) in [5, 5.41) is 2.95. The van der Waals surface area contributed by atoms with Crippen LogP contribution in [-0.2, 0) is 25.7 Å². The molecule has 2 aliphatic rings. The first-order chi connectivity index (χ1) is 22.8. The number of nitrogens with one attached hydrogen (secondary N) is 1. The number of para-hydroxylation sites is 1. The fourth-order valence-corrected chi connectivity index (χ4v) is 5.79. The Bertz CT molecular complexity index is 1770. The number of morpholine rings is 1. The molecule has 0 bridgehead atoms. The van der Waals surface area contributed by atoms with Gasteiger partial charge in [-0.05, 0) is 71.8 Å². The van der Waals surface area contributed by atoms with Crippen molar-refractivity contribution >= 4 is 40.6 Å². The third kappa shape index (κ3) is 6.85. The molecule has 0 aliphatic carbocycles. The van der Waals surface area contributed by atoms with Crippen LogP contribution in [0.15, 0.2) is 97.1 Å². The van der Waals surface area contributed by atoms with Crippen molar-refractivity contribution in [1.82, 2.24) is 4.90 Å². The van der Waals surface area contributed by atoms with E-state index in [9.17, 15) is 23.6 Å². The largest absolute Gasteiger partial charge is 0.497 e. The third-order valence-electron chi connectivity index (χ3n) is 8.26. The summed E-state index contributed by atoms with van der Waals surface area (Å²) in [4.78, 5) is 58.9. The lowest BCUT2D eigenvalue weighted by molar-refractivity contribution is -0.139. The summed E-state index contributed by atoms with van der Waals surface area (Å²) in [6.07, 6.45) is 0. The lowest BCUT2D eigenvalue weighted by atomic mass is 10.0. The third-order valence-corrected chi connectivity index (χ3v) is 8.26. The van der Waals surface area contributed by atoms with Crippen molar-refractivity contribution < 1.29 is 33.0 Å². The summed E-state index contributed by atoms with van der Waals surface area (Å²) in [5.74, 6) is -2.52. The maximum Gasteiger partial charge on any atom is 0.299 e. The number of benzene rings is 4.